The summed E-state index contributed by atoms with van der Waals surface area (Å²) in [4.78, 5) is 13.3. The fourth-order valence-electron chi connectivity index (χ4n) is 10.8. The van der Waals surface area contributed by atoms with E-state index in [2.05, 4.69) is 51.5 Å². The summed E-state index contributed by atoms with van der Waals surface area (Å²) in [6.07, 6.45) is 12.5. The van der Waals surface area contributed by atoms with Crippen molar-refractivity contribution in [2.24, 2.45) is 44.8 Å². The molecule has 0 aromatic heterocycles. The van der Waals surface area contributed by atoms with Crippen LogP contribution in [0.1, 0.15) is 106 Å². The van der Waals surface area contributed by atoms with Gasteiger partial charge in [0.25, 0.3) is 0 Å². The lowest BCUT2D eigenvalue weighted by Gasteiger charge is -2.70. The lowest BCUT2D eigenvalue weighted by molar-refractivity contribution is -0.138. The van der Waals surface area contributed by atoms with Crippen LogP contribution in [-0.2, 0) is 14.8 Å². The number of carbonyl (C=O) groups is 1. The molecule has 2 unspecified atom stereocenters. The van der Waals surface area contributed by atoms with Crippen molar-refractivity contribution in [2.75, 3.05) is 0 Å². The zero-order valence-corrected chi connectivity index (χ0v) is 26.4. The van der Waals surface area contributed by atoms with E-state index in [0.29, 0.717) is 0 Å². The first-order valence-corrected chi connectivity index (χ1v) is 17.0. The molecule has 6 heteroatoms. The molecule has 1 N–H and O–H groups in total. The summed E-state index contributed by atoms with van der Waals surface area (Å²) in [5.41, 5.74) is 1.21. The van der Waals surface area contributed by atoms with Crippen molar-refractivity contribution in [2.45, 2.75) is 117 Å². The van der Waals surface area contributed by atoms with Gasteiger partial charge in [0, 0.05) is 16.4 Å². The molecule has 40 heavy (non-hydrogen) atoms. The van der Waals surface area contributed by atoms with Gasteiger partial charge in [0.2, 0.25) is 10.0 Å². The van der Waals surface area contributed by atoms with Gasteiger partial charge in [-0.15, -0.1) is 0 Å². The maximum Gasteiger partial charge on any atom is 0.214 e. The molecule has 6 aliphatic rings. The van der Waals surface area contributed by atoms with Gasteiger partial charge in [-0.25, -0.2) is 13.1 Å². The first-order valence-electron chi connectivity index (χ1n) is 15.5. The minimum atomic E-state index is -3.34. The van der Waals surface area contributed by atoms with E-state index in [1.807, 2.05) is 19.9 Å². The van der Waals surface area contributed by atoms with E-state index in [1.165, 1.54) is 5.57 Å². The number of allylic oxidation sites excluding steroid dienone is 5. The van der Waals surface area contributed by atoms with Crippen molar-refractivity contribution in [1.29, 1.82) is 5.26 Å². The molecule has 7 atom stereocenters. The second kappa shape index (κ2) is 8.22. The predicted octanol–water partition coefficient (Wildman–Crippen LogP) is 7.03. The van der Waals surface area contributed by atoms with E-state index in [-0.39, 0.29) is 50.6 Å². The molecule has 0 aliphatic heterocycles. The van der Waals surface area contributed by atoms with E-state index >= 15 is 0 Å². The lowest BCUT2D eigenvalue weighted by atomic mass is 9.35. The smallest absolute Gasteiger partial charge is 0.214 e. The molecule has 6 aliphatic carbocycles. The van der Waals surface area contributed by atoms with E-state index in [9.17, 15) is 18.5 Å². The summed E-state index contributed by atoms with van der Waals surface area (Å²) in [6, 6.07) is 2.24. The molecule has 218 valence electrons. The Bertz CT molecular complexity index is 1410. The third kappa shape index (κ3) is 3.58. The third-order valence-electron chi connectivity index (χ3n) is 13.3. The molecule has 4 fully saturated rings. The monoisotopic (exact) mass is 564 g/mol. The first-order chi connectivity index (χ1) is 18.4. The highest BCUT2D eigenvalue weighted by Gasteiger charge is 2.69. The van der Waals surface area contributed by atoms with E-state index in [1.54, 1.807) is 0 Å². The summed E-state index contributed by atoms with van der Waals surface area (Å²) in [6.45, 7) is 20.6. The van der Waals surface area contributed by atoms with Gasteiger partial charge < -0.3 is 0 Å². The van der Waals surface area contributed by atoms with Crippen molar-refractivity contribution >= 4 is 15.8 Å². The number of sulfonamides is 1. The molecule has 0 spiro atoms. The van der Waals surface area contributed by atoms with Crippen molar-refractivity contribution < 1.29 is 13.2 Å². The molecule has 0 aromatic rings. The average molecular weight is 565 g/mol. The van der Waals surface area contributed by atoms with Gasteiger partial charge in [0.05, 0.1) is 10.8 Å². The van der Waals surface area contributed by atoms with Crippen LogP contribution in [0.15, 0.2) is 35.5 Å². The van der Waals surface area contributed by atoms with Crippen molar-refractivity contribution in [3.63, 3.8) is 0 Å². The fraction of sp³-hybridized carbons (Fsp3) is 0.765. The SMILES string of the molecule is C=C1C=C2[C@@]3(C)C=C(C#N)C(=O)C(C)(C)[C@@H]3CC[C@@]2(C)[C@]2(C)CC[C@@]3(NS(=O)(=O)C4CC4)CCC(C)(C)CC3C12. The molecule has 0 bridgehead atoms. The zero-order valence-electron chi connectivity index (χ0n) is 25.6. The van der Waals surface area contributed by atoms with Gasteiger partial charge in [-0.05, 0) is 91.8 Å². The van der Waals surface area contributed by atoms with Gasteiger partial charge in [-0.2, -0.15) is 5.26 Å². The van der Waals surface area contributed by atoms with E-state index in [4.69, 9.17) is 6.58 Å². The Balaban J connectivity index is 1.50. The molecule has 0 radical (unpaired) electrons. The topological polar surface area (TPSA) is 87.0 Å². The van der Waals surface area contributed by atoms with E-state index < -0.39 is 26.4 Å². The molecule has 6 rings (SSSR count). The Morgan fingerprint density at radius 1 is 0.975 bits per heavy atom. The number of hydrogen-bond donors (Lipinski definition) is 1. The Morgan fingerprint density at radius 3 is 2.25 bits per heavy atom. The van der Waals surface area contributed by atoms with Crippen LogP contribution < -0.4 is 4.72 Å². The number of rotatable bonds is 3. The molecule has 0 saturated heterocycles. The first kappa shape index (κ1) is 28.4. The van der Waals surface area contributed by atoms with Crippen molar-refractivity contribution in [3.8, 4) is 6.07 Å². The second-order valence-corrected chi connectivity index (χ2v) is 18.4. The number of ketones is 1. The molecule has 0 amide bonds. The third-order valence-corrected chi connectivity index (χ3v) is 15.3. The minimum Gasteiger partial charge on any atom is -0.293 e. The van der Waals surface area contributed by atoms with Crippen LogP contribution in [0.3, 0.4) is 0 Å². The van der Waals surface area contributed by atoms with Crippen LogP contribution in [0.5, 0.6) is 0 Å². The normalized spacial score (nSPS) is 45.6. The van der Waals surface area contributed by atoms with Crippen LogP contribution in [0, 0.1) is 56.2 Å². The van der Waals surface area contributed by atoms with Gasteiger partial charge in [-0.1, -0.05) is 78.3 Å². The minimum absolute atomic E-state index is 0.0322. The van der Waals surface area contributed by atoms with Crippen LogP contribution in [-0.4, -0.2) is 25.0 Å². The van der Waals surface area contributed by atoms with Crippen LogP contribution in [0.4, 0.5) is 0 Å². The van der Waals surface area contributed by atoms with Gasteiger partial charge in [-0.3, -0.25) is 4.79 Å². The van der Waals surface area contributed by atoms with Gasteiger partial charge >= 0.3 is 0 Å². The number of fused-ring (bicyclic) bond motifs is 7. The quantitative estimate of drug-likeness (QED) is 0.399. The van der Waals surface area contributed by atoms with Crippen LogP contribution in [0.25, 0.3) is 0 Å². The lowest BCUT2D eigenvalue weighted by Crippen LogP contribution is -2.68. The van der Waals surface area contributed by atoms with Gasteiger partial charge in [0.15, 0.2) is 5.78 Å². The van der Waals surface area contributed by atoms with E-state index in [0.717, 1.165) is 63.4 Å². The number of hydrogen-bond acceptors (Lipinski definition) is 4. The van der Waals surface area contributed by atoms with Crippen molar-refractivity contribution in [1.82, 2.24) is 4.72 Å². The summed E-state index contributed by atoms with van der Waals surface area (Å²) in [5, 5.41) is 9.74. The largest absolute Gasteiger partial charge is 0.293 e. The average Bonchev–Trinajstić information content (AvgIpc) is 3.70. The predicted molar refractivity (Wildman–Crippen MR) is 158 cm³/mol. The summed E-state index contributed by atoms with van der Waals surface area (Å²) >= 11 is 0. The maximum atomic E-state index is 13.4. The summed E-state index contributed by atoms with van der Waals surface area (Å²) < 4.78 is 30.2. The van der Waals surface area contributed by atoms with Crippen LogP contribution >= 0.6 is 0 Å². The highest BCUT2D eigenvalue weighted by molar-refractivity contribution is 7.90. The number of nitriles is 1. The standard InChI is InChI=1S/C34H48N2O3S/c1-21-17-26-31(6)18-22(20-35)28(37)30(4,5)25(31)11-12-32(26,7)33(8)14-16-34(36-40(38,39)23-9-10-23)15-13-29(2,3)19-24(34)27(21)33/h17-18,23-25,27,36H,1,9-16,19H2,2-8H3/t24?,25-,27?,31-,32+,33+,34-/m0/s1. The van der Waals surface area contributed by atoms with Crippen LogP contribution in [0.2, 0.25) is 0 Å². The molecule has 4 saturated carbocycles. The molecular weight excluding hydrogens is 516 g/mol. The Morgan fingerprint density at radius 2 is 1.62 bits per heavy atom. The highest BCUT2D eigenvalue weighted by Crippen LogP contribution is 2.74. The molecule has 5 nitrogen and oxygen atoms in total. The Labute approximate surface area is 242 Å². The number of nitrogens with zero attached hydrogens (tertiary/aromatic N) is 1. The zero-order chi connectivity index (χ0) is 29.3. The highest BCUT2D eigenvalue weighted by atomic mass is 32.2. The second-order valence-electron chi connectivity index (χ2n) is 16.4. The molecule has 0 aromatic carbocycles. The molecular formula is C34H48N2O3S. The van der Waals surface area contributed by atoms with Crippen molar-refractivity contribution in [3.05, 3.63) is 35.5 Å². The number of Topliss-reactive ketones (excluding diaryl/α,β-unsaturated/α-hetero) is 1. The summed E-state index contributed by atoms with van der Waals surface area (Å²) in [5.74, 6) is 0.453. The fourth-order valence-corrected chi connectivity index (χ4v) is 12.6. The maximum absolute atomic E-state index is 13.4. The number of nitrogens with one attached hydrogen (secondary N) is 1. The van der Waals surface area contributed by atoms with Gasteiger partial charge in [0.1, 0.15) is 6.07 Å². The number of carbonyl (C=O) groups excluding carboxylic acids is 1. The Kier molecular flexibility index (Phi) is 5.84. The Hall–Kier alpha value is -1.71. The summed E-state index contributed by atoms with van der Waals surface area (Å²) in [7, 11) is -3.34. The molecule has 0 heterocycles.